The maximum Gasteiger partial charge on any atom is 0.303 e. The summed E-state index contributed by atoms with van der Waals surface area (Å²) in [5.41, 5.74) is 0.814. The summed E-state index contributed by atoms with van der Waals surface area (Å²) in [5.74, 6) is -0.900. The fourth-order valence-corrected chi connectivity index (χ4v) is 2.00. The highest BCUT2D eigenvalue weighted by atomic mass is 16.5. The first kappa shape index (κ1) is 19.8. The summed E-state index contributed by atoms with van der Waals surface area (Å²) in [5, 5.41) is 27.7. The number of hydrogen-bond acceptors (Lipinski definition) is 4. The minimum atomic E-state index is -0.774. The first-order chi connectivity index (χ1) is 9.92. The number of carboxylic acid groups (broad SMARTS) is 1. The minimum absolute atomic E-state index is 0.0197. The molecule has 0 amide bonds. The number of hydrogen-bond donors (Lipinski definition) is 3. The Balaban J connectivity index is 4.27. The number of aliphatic carboxylic acids is 1. The number of ether oxygens (including phenoxy) is 1. The van der Waals surface area contributed by atoms with Crippen molar-refractivity contribution in [2.75, 3.05) is 13.7 Å². The van der Waals surface area contributed by atoms with Gasteiger partial charge in [0.25, 0.3) is 0 Å². The molecule has 0 bridgehead atoms. The average Bonchev–Trinajstić information content (AvgIpc) is 2.45. The topological polar surface area (TPSA) is 87.0 Å². The fraction of sp³-hybridized carbons (Fsp3) is 0.688. The molecule has 0 aromatic heterocycles. The van der Waals surface area contributed by atoms with E-state index in [0.29, 0.717) is 6.42 Å². The van der Waals surface area contributed by atoms with E-state index in [4.69, 9.17) is 14.9 Å². The van der Waals surface area contributed by atoms with Crippen LogP contribution in [0, 0.1) is 5.92 Å². The smallest absolute Gasteiger partial charge is 0.303 e. The van der Waals surface area contributed by atoms with Crippen molar-refractivity contribution in [2.24, 2.45) is 5.92 Å². The average molecular weight is 300 g/mol. The quantitative estimate of drug-likeness (QED) is 0.402. The van der Waals surface area contributed by atoms with Crippen LogP contribution >= 0.6 is 0 Å². The molecule has 0 aromatic rings. The highest BCUT2D eigenvalue weighted by molar-refractivity contribution is 5.66. The van der Waals surface area contributed by atoms with Gasteiger partial charge in [-0.2, -0.15) is 0 Å². The summed E-state index contributed by atoms with van der Waals surface area (Å²) in [4.78, 5) is 10.4. The molecule has 0 spiro atoms. The molecule has 0 aliphatic heterocycles. The van der Waals surface area contributed by atoms with Crippen LogP contribution in [0.1, 0.15) is 39.5 Å². The Bertz CT molecular complexity index is 349. The van der Waals surface area contributed by atoms with Crippen LogP contribution in [0.25, 0.3) is 0 Å². The molecule has 0 saturated heterocycles. The Morgan fingerprint density at radius 3 is 2.52 bits per heavy atom. The van der Waals surface area contributed by atoms with Crippen LogP contribution in [0.4, 0.5) is 0 Å². The van der Waals surface area contributed by atoms with Crippen LogP contribution in [0.15, 0.2) is 23.8 Å². The van der Waals surface area contributed by atoms with Gasteiger partial charge >= 0.3 is 5.97 Å². The molecule has 0 heterocycles. The molecule has 0 unspecified atom stereocenters. The van der Waals surface area contributed by atoms with E-state index in [-0.39, 0.29) is 18.9 Å². The molecule has 3 atom stereocenters. The molecular formula is C16H28O5. The predicted octanol–water partition coefficient (Wildman–Crippen LogP) is 2.14. The zero-order valence-corrected chi connectivity index (χ0v) is 13.2. The molecule has 0 fully saturated rings. The van der Waals surface area contributed by atoms with Crippen LogP contribution in [-0.2, 0) is 9.53 Å². The normalized spacial score (nSPS) is 16.9. The summed E-state index contributed by atoms with van der Waals surface area (Å²) in [6.07, 6.45) is 6.85. The van der Waals surface area contributed by atoms with E-state index in [1.165, 1.54) is 7.11 Å². The lowest BCUT2D eigenvalue weighted by molar-refractivity contribution is -0.137. The highest BCUT2D eigenvalue weighted by Gasteiger charge is 2.21. The van der Waals surface area contributed by atoms with E-state index in [1.807, 2.05) is 32.1 Å². The third-order valence-corrected chi connectivity index (χ3v) is 3.28. The van der Waals surface area contributed by atoms with Crippen LogP contribution in [0.5, 0.6) is 0 Å². The number of methoxy groups -OCH3 is 1. The zero-order valence-electron chi connectivity index (χ0n) is 13.2. The van der Waals surface area contributed by atoms with Gasteiger partial charge in [-0.25, -0.2) is 0 Å². The summed E-state index contributed by atoms with van der Waals surface area (Å²) in [6, 6.07) is 0. The zero-order chi connectivity index (χ0) is 16.3. The van der Waals surface area contributed by atoms with Gasteiger partial charge < -0.3 is 20.1 Å². The third kappa shape index (κ3) is 9.39. The monoisotopic (exact) mass is 300 g/mol. The number of aliphatic hydroxyl groups is 2. The lowest BCUT2D eigenvalue weighted by atomic mass is 9.96. The Morgan fingerprint density at radius 2 is 2.00 bits per heavy atom. The second-order valence-corrected chi connectivity index (χ2v) is 5.29. The molecule has 0 aliphatic rings. The van der Waals surface area contributed by atoms with E-state index >= 15 is 0 Å². The molecule has 0 rings (SSSR count). The third-order valence-electron chi connectivity index (χ3n) is 3.28. The molecule has 0 aromatic carbocycles. The maximum absolute atomic E-state index is 10.4. The lowest BCUT2D eigenvalue weighted by Gasteiger charge is -2.23. The summed E-state index contributed by atoms with van der Waals surface area (Å²) in [7, 11) is 1.54. The van der Waals surface area contributed by atoms with Crippen LogP contribution in [0.3, 0.4) is 0 Å². The van der Waals surface area contributed by atoms with Crippen molar-refractivity contribution >= 4 is 5.97 Å². The van der Waals surface area contributed by atoms with Crippen molar-refractivity contribution in [3.05, 3.63) is 23.8 Å². The molecule has 0 aliphatic carbocycles. The molecule has 5 heteroatoms. The Labute approximate surface area is 126 Å². The van der Waals surface area contributed by atoms with Crippen molar-refractivity contribution in [1.82, 2.24) is 0 Å². The Morgan fingerprint density at radius 1 is 1.33 bits per heavy atom. The Hall–Kier alpha value is -1.17. The number of carboxylic acids is 1. The van der Waals surface area contributed by atoms with E-state index in [1.54, 1.807) is 0 Å². The van der Waals surface area contributed by atoms with Crippen molar-refractivity contribution < 1.29 is 24.9 Å². The molecule has 3 N–H and O–H groups in total. The maximum atomic E-state index is 10.4. The van der Waals surface area contributed by atoms with Gasteiger partial charge in [0.2, 0.25) is 0 Å². The van der Waals surface area contributed by atoms with Gasteiger partial charge in [-0.05, 0) is 26.2 Å². The van der Waals surface area contributed by atoms with E-state index in [0.717, 1.165) is 18.4 Å². The van der Waals surface area contributed by atoms with E-state index in [9.17, 15) is 9.90 Å². The van der Waals surface area contributed by atoms with Crippen LogP contribution in [-0.4, -0.2) is 47.2 Å². The van der Waals surface area contributed by atoms with Gasteiger partial charge in [0.15, 0.2) is 0 Å². The molecule has 5 nitrogen and oxygen atoms in total. The second-order valence-electron chi connectivity index (χ2n) is 5.29. The van der Waals surface area contributed by atoms with Crippen LogP contribution in [0.2, 0.25) is 0 Å². The molecule has 122 valence electrons. The molecule has 21 heavy (non-hydrogen) atoms. The van der Waals surface area contributed by atoms with Gasteiger partial charge in [-0.3, -0.25) is 4.79 Å². The van der Waals surface area contributed by atoms with Gasteiger partial charge in [-0.15, -0.1) is 0 Å². The van der Waals surface area contributed by atoms with Crippen molar-refractivity contribution in [3.8, 4) is 0 Å². The lowest BCUT2D eigenvalue weighted by Crippen LogP contribution is -2.31. The molecular weight excluding hydrogens is 272 g/mol. The van der Waals surface area contributed by atoms with Gasteiger partial charge in [0.05, 0.1) is 12.7 Å². The van der Waals surface area contributed by atoms with Crippen molar-refractivity contribution in [1.29, 1.82) is 0 Å². The van der Waals surface area contributed by atoms with Gasteiger partial charge in [0, 0.05) is 19.4 Å². The summed E-state index contributed by atoms with van der Waals surface area (Å²) >= 11 is 0. The van der Waals surface area contributed by atoms with E-state index < -0.39 is 18.2 Å². The minimum Gasteiger partial charge on any atom is -0.481 e. The first-order valence-corrected chi connectivity index (χ1v) is 7.29. The molecule has 0 saturated carbocycles. The van der Waals surface area contributed by atoms with Gasteiger partial charge in [0.1, 0.15) is 6.10 Å². The standard InChI is InChI=1S/C16H28O5/c1-12(11-17)10-13(2)16(20)14(21-3)8-6-4-5-7-9-15(18)19/h6,8,10,13-14,16-17,20H,4-5,7,9,11H2,1-3H3,(H,18,19)/b8-6+,12-10+/t13-,14+,16+/m1/s1. The first-order valence-electron chi connectivity index (χ1n) is 7.29. The van der Waals surface area contributed by atoms with Gasteiger partial charge in [-0.1, -0.05) is 30.7 Å². The number of rotatable bonds is 11. The fourth-order valence-electron chi connectivity index (χ4n) is 2.00. The van der Waals surface area contributed by atoms with Crippen LogP contribution < -0.4 is 0 Å². The number of carbonyl (C=O) groups is 1. The molecule has 0 radical (unpaired) electrons. The second kappa shape index (κ2) is 11.5. The highest BCUT2D eigenvalue weighted by Crippen LogP contribution is 2.15. The Kier molecular flexibility index (Phi) is 10.8. The summed E-state index contributed by atoms with van der Waals surface area (Å²) < 4.78 is 5.27. The number of allylic oxidation sites excluding steroid dienone is 1. The van der Waals surface area contributed by atoms with Crippen molar-refractivity contribution in [2.45, 2.75) is 51.7 Å². The summed E-state index contributed by atoms with van der Waals surface area (Å²) in [6.45, 7) is 3.66. The number of aliphatic hydroxyl groups excluding tert-OH is 2. The van der Waals surface area contributed by atoms with E-state index in [2.05, 4.69) is 0 Å². The largest absolute Gasteiger partial charge is 0.481 e. The van der Waals surface area contributed by atoms with Crippen molar-refractivity contribution in [3.63, 3.8) is 0 Å². The number of unbranched alkanes of at least 4 members (excludes halogenated alkanes) is 2. The SMILES string of the molecule is CO[C@@H](/C=C/CCCCC(=O)O)[C@@H](O)[C@H](C)/C=C(\C)CO. The predicted molar refractivity (Wildman–Crippen MR) is 82.1 cm³/mol.